The van der Waals surface area contributed by atoms with Crippen LogP contribution in [-0.2, 0) is 19.6 Å². The minimum Gasteiger partial charge on any atom is -0.463 e. The van der Waals surface area contributed by atoms with E-state index in [-0.39, 0.29) is 35.7 Å². The summed E-state index contributed by atoms with van der Waals surface area (Å²) < 4.78 is 46.2. The number of nitro benzene ring substituents is 1. The molecule has 1 aliphatic rings. The summed E-state index contributed by atoms with van der Waals surface area (Å²) in [5.41, 5.74) is 0.511. The summed E-state index contributed by atoms with van der Waals surface area (Å²) in [6.45, 7) is 1.56. The van der Waals surface area contributed by atoms with Gasteiger partial charge in [-0.25, -0.2) is 17.6 Å². The number of carbonyl (C=O) groups excluding carboxylic acids is 1. The quantitative estimate of drug-likeness (QED) is 0.392. The van der Waals surface area contributed by atoms with Gasteiger partial charge in [0.1, 0.15) is 5.82 Å². The molecule has 0 N–H and O–H groups in total. The highest BCUT2D eigenvalue weighted by molar-refractivity contribution is 7.89. The van der Waals surface area contributed by atoms with Gasteiger partial charge in [0, 0.05) is 24.3 Å². The Kier molecular flexibility index (Phi) is 6.28. The second kappa shape index (κ2) is 8.72. The van der Waals surface area contributed by atoms with Crippen molar-refractivity contribution in [1.82, 2.24) is 4.31 Å². The monoisotopic (exact) mass is 434 g/mol. The summed E-state index contributed by atoms with van der Waals surface area (Å²) in [5, 5.41) is 10.9. The van der Waals surface area contributed by atoms with Crippen molar-refractivity contribution >= 4 is 21.7 Å². The molecule has 0 amide bonds. The molecule has 0 saturated carbocycles. The predicted octanol–water partition coefficient (Wildman–Crippen LogP) is 3.36. The van der Waals surface area contributed by atoms with E-state index in [1.54, 1.807) is 13.0 Å². The van der Waals surface area contributed by atoms with E-state index < -0.39 is 32.8 Å². The summed E-state index contributed by atoms with van der Waals surface area (Å²) in [7, 11) is -4.12. The number of carbonyl (C=O) groups is 1. The molecule has 0 fully saturated rings. The van der Waals surface area contributed by atoms with Crippen molar-refractivity contribution in [3.8, 4) is 0 Å². The van der Waals surface area contributed by atoms with E-state index in [1.165, 1.54) is 24.3 Å². The molecule has 3 rings (SSSR count). The molecule has 2 aromatic rings. The molecular formula is C20H19FN2O6S. The van der Waals surface area contributed by atoms with Crippen LogP contribution in [0.3, 0.4) is 0 Å². The Labute approximate surface area is 172 Å². The lowest BCUT2D eigenvalue weighted by atomic mass is 9.98. The first-order chi connectivity index (χ1) is 14.2. The number of halogens is 1. The van der Waals surface area contributed by atoms with Crippen LogP contribution in [0, 0.1) is 15.9 Å². The molecule has 0 bridgehead atoms. The fourth-order valence-electron chi connectivity index (χ4n) is 3.20. The van der Waals surface area contributed by atoms with E-state index in [0.717, 1.165) is 28.6 Å². The molecular weight excluding hydrogens is 415 g/mol. The van der Waals surface area contributed by atoms with Crippen molar-refractivity contribution in [3.05, 3.63) is 81.7 Å². The fourth-order valence-corrected chi connectivity index (χ4v) is 4.80. The number of rotatable bonds is 6. The predicted molar refractivity (Wildman–Crippen MR) is 105 cm³/mol. The van der Waals surface area contributed by atoms with Crippen LogP contribution in [0.5, 0.6) is 0 Å². The van der Waals surface area contributed by atoms with Gasteiger partial charge in [-0.2, -0.15) is 4.31 Å². The average molecular weight is 434 g/mol. The zero-order valence-corrected chi connectivity index (χ0v) is 16.8. The lowest BCUT2D eigenvalue weighted by Crippen LogP contribution is -2.40. The Hall–Kier alpha value is -3.11. The van der Waals surface area contributed by atoms with E-state index in [2.05, 4.69) is 0 Å². The number of benzene rings is 2. The number of sulfonamides is 1. The largest absolute Gasteiger partial charge is 0.463 e. The minimum atomic E-state index is -4.12. The first-order valence-electron chi connectivity index (χ1n) is 9.12. The Balaban J connectivity index is 2.02. The lowest BCUT2D eigenvalue weighted by molar-refractivity contribution is -0.384. The van der Waals surface area contributed by atoms with Gasteiger partial charge >= 0.3 is 5.97 Å². The van der Waals surface area contributed by atoms with Crippen LogP contribution in [0.25, 0.3) is 0 Å². The molecule has 1 aliphatic heterocycles. The van der Waals surface area contributed by atoms with Crippen LogP contribution < -0.4 is 0 Å². The highest BCUT2D eigenvalue weighted by Crippen LogP contribution is 2.35. The third-order valence-corrected chi connectivity index (χ3v) is 6.58. The number of non-ortho nitro benzene ring substituents is 1. The van der Waals surface area contributed by atoms with Crippen LogP contribution in [0.1, 0.15) is 24.9 Å². The number of ether oxygens (including phenoxy) is 1. The normalized spacial score (nSPS) is 17.3. The average Bonchev–Trinajstić information content (AvgIpc) is 2.74. The Morgan fingerprint density at radius 3 is 2.40 bits per heavy atom. The van der Waals surface area contributed by atoms with E-state index in [9.17, 15) is 27.7 Å². The van der Waals surface area contributed by atoms with Gasteiger partial charge in [-0.1, -0.05) is 18.2 Å². The molecule has 0 aliphatic carbocycles. The number of nitrogens with zero attached hydrogens (tertiary/aromatic N) is 2. The van der Waals surface area contributed by atoms with E-state index in [1.807, 2.05) is 0 Å². The zero-order valence-electron chi connectivity index (χ0n) is 16.0. The maximum atomic E-state index is 13.3. The molecule has 0 radical (unpaired) electrons. The molecule has 0 spiro atoms. The Morgan fingerprint density at radius 1 is 1.20 bits per heavy atom. The second-order valence-corrected chi connectivity index (χ2v) is 8.44. The third kappa shape index (κ3) is 4.39. The zero-order chi connectivity index (χ0) is 21.9. The standard InChI is InChI=1S/C20H19FN2O6S/c1-2-29-20(24)15-5-12-19(14-3-6-16(21)7-4-14)22(13-15)30(27,28)18-10-8-17(9-11-18)23(25)26/h3-11,19H,2,12-13H2,1H3/t19-/m1/s1. The van der Waals surface area contributed by atoms with Gasteiger partial charge in [0.2, 0.25) is 10.0 Å². The van der Waals surface area contributed by atoms with Gasteiger partial charge in [0.25, 0.3) is 5.69 Å². The topological polar surface area (TPSA) is 107 Å². The second-order valence-electron chi connectivity index (χ2n) is 6.55. The lowest BCUT2D eigenvalue weighted by Gasteiger charge is -2.34. The summed E-state index contributed by atoms with van der Waals surface area (Å²) in [5.74, 6) is -1.07. The molecule has 0 saturated heterocycles. The SMILES string of the molecule is CCOC(=O)C1=CC[C@H](c2ccc(F)cc2)N(S(=O)(=O)c2ccc([N+](=O)[O-])cc2)C1. The summed E-state index contributed by atoms with van der Waals surface area (Å²) in [6.07, 6.45) is 1.81. The molecule has 8 nitrogen and oxygen atoms in total. The van der Waals surface area contributed by atoms with Crippen LogP contribution >= 0.6 is 0 Å². The Bertz CT molecular complexity index is 1080. The van der Waals surface area contributed by atoms with Crippen LogP contribution in [0.4, 0.5) is 10.1 Å². The van der Waals surface area contributed by atoms with E-state index >= 15 is 0 Å². The number of hydrogen-bond acceptors (Lipinski definition) is 6. The van der Waals surface area contributed by atoms with Gasteiger partial charge in [0.05, 0.1) is 22.5 Å². The molecule has 0 aromatic heterocycles. The number of hydrogen-bond donors (Lipinski definition) is 0. The first kappa shape index (κ1) is 21.6. The van der Waals surface area contributed by atoms with Gasteiger partial charge in [-0.15, -0.1) is 0 Å². The number of nitro groups is 1. The van der Waals surface area contributed by atoms with Crippen molar-refractivity contribution in [3.63, 3.8) is 0 Å². The smallest absolute Gasteiger partial charge is 0.335 e. The minimum absolute atomic E-state index is 0.146. The van der Waals surface area contributed by atoms with Crippen molar-refractivity contribution in [2.24, 2.45) is 0 Å². The molecule has 1 heterocycles. The molecule has 30 heavy (non-hydrogen) atoms. The maximum absolute atomic E-state index is 13.3. The Morgan fingerprint density at radius 2 is 1.83 bits per heavy atom. The summed E-state index contributed by atoms with van der Waals surface area (Å²) >= 11 is 0. The van der Waals surface area contributed by atoms with Crippen molar-refractivity contribution < 1.29 is 27.3 Å². The maximum Gasteiger partial charge on any atom is 0.335 e. The van der Waals surface area contributed by atoms with E-state index in [4.69, 9.17) is 4.74 Å². The fraction of sp³-hybridized carbons (Fsp3) is 0.250. The highest BCUT2D eigenvalue weighted by atomic mass is 32.2. The molecule has 158 valence electrons. The van der Waals surface area contributed by atoms with Crippen molar-refractivity contribution in [2.45, 2.75) is 24.3 Å². The highest BCUT2D eigenvalue weighted by Gasteiger charge is 2.37. The van der Waals surface area contributed by atoms with Crippen LogP contribution in [0.2, 0.25) is 0 Å². The van der Waals surface area contributed by atoms with Crippen molar-refractivity contribution in [2.75, 3.05) is 13.2 Å². The summed E-state index contributed by atoms with van der Waals surface area (Å²) in [4.78, 5) is 22.3. The number of esters is 1. The van der Waals surface area contributed by atoms with E-state index in [0.29, 0.717) is 5.56 Å². The van der Waals surface area contributed by atoms with Gasteiger partial charge < -0.3 is 4.74 Å². The third-order valence-electron chi connectivity index (χ3n) is 4.71. The van der Waals surface area contributed by atoms with Crippen molar-refractivity contribution in [1.29, 1.82) is 0 Å². The van der Waals surface area contributed by atoms with Gasteiger partial charge in [0.15, 0.2) is 0 Å². The summed E-state index contributed by atoms with van der Waals surface area (Å²) in [6, 6.07) is 9.27. The molecule has 10 heteroatoms. The molecule has 0 unspecified atom stereocenters. The van der Waals surface area contributed by atoms with Crippen LogP contribution in [0.15, 0.2) is 65.1 Å². The van der Waals surface area contributed by atoms with Crippen LogP contribution in [-0.4, -0.2) is 36.8 Å². The molecule has 2 aromatic carbocycles. The first-order valence-corrected chi connectivity index (χ1v) is 10.6. The van der Waals surface area contributed by atoms with Gasteiger partial charge in [-0.3, -0.25) is 10.1 Å². The van der Waals surface area contributed by atoms with Gasteiger partial charge in [-0.05, 0) is 43.2 Å². The molecule has 1 atom stereocenters.